The molecule has 2 fully saturated rings. The van der Waals surface area contributed by atoms with Gasteiger partial charge in [0.2, 0.25) is 0 Å². The molecular weight excluding hydrogens is 250 g/mol. The summed E-state index contributed by atoms with van der Waals surface area (Å²) < 4.78 is 5.73. The quantitative estimate of drug-likeness (QED) is 0.798. The van der Waals surface area contributed by atoms with Gasteiger partial charge in [0.25, 0.3) is 0 Å². The lowest BCUT2D eigenvalue weighted by Crippen LogP contribution is -2.55. The molecule has 0 amide bonds. The van der Waals surface area contributed by atoms with E-state index in [1.807, 2.05) is 0 Å². The first-order valence-corrected chi connectivity index (χ1v) is 8.32. The van der Waals surface area contributed by atoms with Crippen molar-refractivity contribution >= 4 is 0 Å². The summed E-state index contributed by atoms with van der Waals surface area (Å²) in [5, 5.41) is 3.63. The van der Waals surface area contributed by atoms with E-state index in [-0.39, 0.29) is 0 Å². The second kappa shape index (κ2) is 7.21. The molecule has 118 valence electrons. The van der Waals surface area contributed by atoms with Crippen molar-refractivity contribution in [2.75, 3.05) is 52.5 Å². The molecule has 20 heavy (non-hydrogen) atoms. The molecule has 2 rings (SSSR count). The highest BCUT2D eigenvalue weighted by Crippen LogP contribution is 2.30. The highest BCUT2D eigenvalue weighted by Gasteiger charge is 2.37. The Hall–Kier alpha value is -0.160. The lowest BCUT2D eigenvalue weighted by molar-refractivity contribution is 0.0460. The molecule has 2 aliphatic heterocycles. The molecular formula is C16H33N3O. The predicted molar refractivity (Wildman–Crippen MR) is 84.2 cm³/mol. The van der Waals surface area contributed by atoms with Crippen LogP contribution in [0, 0.1) is 5.41 Å². The van der Waals surface area contributed by atoms with Gasteiger partial charge in [-0.3, -0.25) is 9.80 Å². The van der Waals surface area contributed by atoms with Crippen molar-refractivity contribution in [1.29, 1.82) is 0 Å². The maximum Gasteiger partial charge on any atom is 0.0547 e. The molecule has 2 heterocycles. The van der Waals surface area contributed by atoms with Crippen molar-refractivity contribution in [3.8, 4) is 0 Å². The van der Waals surface area contributed by atoms with E-state index in [9.17, 15) is 0 Å². The number of hydrogen-bond donors (Lipinski definition) is 1. The van der Waals surface area contributed by atoms with Crippen molar-refractivity contribution in [1.82, 2.24) is 15.1 Å². The van der Waals surface area contributed by atoms with Crippen LogP contribution in [0.3, 0.4) is 0 Å². The molecule has 0 aromatic heterocycles. The van der Waals surface area contributed by atoms with Gasteiger partial charge in [-0.25, -0.2) is 0 Å². The third kappa shape index (κ3) is 4.17. The Morgan fingerprint density at radius 1 is 1.35 bits per heavy atom. The summed E-state index contributed by atoms with van der Waals surface area (Å²) in [5.41, 5.74) is 0.332. The maximum absolute atomic E-state index is 5.73. The van der Waals surface area contributed by atoms with E-state index >= 15 is 0 Å². The van der Waals surface area contributed by atoms with Crippen LogP contribution in [0.2, 0.25) is 0 Å². The van der Waals surface area contributed by atoms with E-state index in [1.54, 1.807) is 0 Å². The second-order valence-electron chi connectivity index (χ2n) is 7.05. The topological polar surface area (TPSA) is 27.7 Å². The molecule has 0 saturated carbocycles. The Morgan fingerprint density at radius 3 is 2.70 bits per heavy atom. The SMILES string of the molecule is CCN1CCN(CC2(CNC(C)C)CCOC2)CC1C. The van der Waals surface area contributed by atoms with Crippen LogP contribution in [-0.2, 0) is 4.74 Å². The molecule has 2 aliphatic rings. The fourth-order valence-electron chi connectivity index (χ4n) is 3.55. The Labute approximate surface area is 124 Å². The summed E-state index contributed by atoms with van der Waals surface area (Å²) in [6, 6.07) is 1.24. The normalized spacial score (nSPS) is 33.1. The molecule has 0 bridgehead atoms. The molecule has 4 nitrogen and oxygen atoms in total. The van der Waals surface area contributed by atoms with E-state index in [1.165, 1.54) is 39.1 Å². The minimum absolute atomic E-state index is 0.332. The van der Waals surface area contributed by atoms with Crippen LogP contribution in [0.25, 0.3) is 0 Å². The largest absolute Gasteiger partial charge is 0.381 e. The van der Waals surface area contributed by atoms with E-state index < -0.39 is 0 Å². The van der Waals surface area contributed by atoms with Gasteiger partial charge in [-0.15, -0.1) is 0 Å². The zero-order valence-corrected chi connectivity index (χ0v) is 13.8. The minimum atomic E-state index is 0.332. The summed E-state index contributed by atoms with van der Waals surface area (Å²) in [6.45, 7) is 18.0. The zero-order valence-electron chi connectivity index (χ0n) is 13.8. The van der Waals surface area contributed by atoms with Gasteiger partial charge >= 0.3 is 0 Å². The first-order chi connectivity index (χ1) is 9.54. The molecule has 2 saturated heterocycles. The fraction of sp³-hybridized carbons (Fsp3) is 1.00. The molecule has 0 spiro atoms. The molecule has 0 radical (unpaired) electrons. The van der Waals surface area contributed by atoms with Gasteiger partial charge < -0.3 is 10.1 Å². The van der Waals surface area contributed by atoms with Crippen LogP contribution < -0.4 is 5.32 Å². The number of piperazine rings is 1. The van der Waals surface area contributed by atoms with E-state index in [0.29, 0.717) is 17.5 Å². The lowest BCUT2D eigenvalue weighted by atomic mass is 9.85. The van der Waals surface area contributed by atoms with Gasteiger partial charge in [-0.1, -0.05) is 20.8 Å². The van der Waals surface area contributed by atoms with Crippen LogP contribution >= 0.6 is 0 Å². The lowest BCUT2D eigenvalue weighted by Gasteiger charge is -2.43. The summed E-state index contributed by atoms with van der Waals surface area (Å²) in [4.78, 5) is 5.24. The van der Waals surface area contributed by atoms with Crippen LogP contribution in [0.5, 0.6) is 0 Å². The monoisotopic (exact) mass is 283 g/mol. The van der Waals surface area contributed by atoms with Gasteiger partial charge in [0.15, 0.2) is 0 Å². The van der Waals surface area contributed by atoms with E-state index in [2.05, 4.69) is 42.8 Å². The second-order valence-corrected chi connectivity index (χ2v) is 7.05. The number of rotatable bonds is 6. The molecule has 0 aromatic rings. The van der Waals surface area contributed by atoms with Gasteiger partial charge in [0.05, 0.1) is 6.61 Å². The summed E-state index contributed by atoms with van der Waals surface area (Å²) in [6.07, 6.45) is 1.20. The van der Waals surface area contributed by atoms with Gasteiger partial charge in [-0.05, 0) is 19.9 Å². The standard InChI is InChI=1S/C16H33N3O/c1-5-19-8-7-18(10-15(19)4)12-16(6-9-20-13-16)11-17-14(2)3/h14-15,17H,5-13H2,1-4H3. The highest BCUT2D eigenvalue weighted by molar-refractivity contribution is 4.91. The first kappa shape index (κ1) is 16.2. The minimum Gasteiger partial charge on any atom is -0.381 e. The Morgan fingerprint density at radius 2 is 2.15 bits per heavy atom. The molecule has 2 atom stereocenters. The van der Waals surface area contributed by atoms with Crippen LogP contribution in [0.1, 0.15) is 34.1 Å². The summed E-state index contributed by atoms with van der Waals surface area (Å²) in [7, 11) is 0. The Bertz CT molecular complexity index is 289. The third-order valence-corrected chi connectivity index (χ3v) is 4.88. The zero-order chi connectivity index (χ0) is 14.6. The van der Waals surface area contributed by atoms with Crippen LogP contribution in [0.4, 0.5) is 0 Å². The molecule has 0 aromatic carbocycles. The first-order valence-electron chi connectivity index (χ1n) is 8.32. The summed E-state index contributed by atoms with van der Waals surface area (Å²) >= 11 is 0. The summed E-state index contributed by atoms with van der Waals surface area (Å²) in [5.74, 6) is 0. The third-order valence-electron chi connectivity index (χ3n) is 4.88. The van der Waals surface area contributed by atoms with E-state index in [0.717, 1.165) is 19.8 Å². The molecule has 2 unspecified atom stereocenters. The number of likely N-dealkylation sites (N-methyl/N-ethyl adjacent to an activating group) is 1. The maximum atomic E-state index is 5.73. The Balaban J connectivity index is 1.88. The number of hydrogen-bond acceptors (Lipinski definition) is 4. The predicted octanol–water partition coefficient (Wildman–Crippen LogP) is 1.42. The van der Waals surface area contributed by atoms with E-state index in [4.69, 9.17) is 4.74 Å². The molecule has 4 heteroatoms. The van der Waals surface area contributed by atoms with Crippen LogP contribution in [-0.4, -0.2) is 74.4 Å². The van der Waals surface area contributed by atoms with Crippen molar-refractivity contribution in [3.05, 3.63) is 0 Å². The number of ether oxygens (including phenoxy) is 1. The molecule has 1 N–H and O–H groups in total. The number of nitrogens with zero attached hydrogens (tertiary/aromatic N) is 2. The fourth-order valence-corrected chi connectivity index (χ4v) is 3.55. The smallest absolute Gasteiger partial charge is 0.0547 e. The highest BCUT2D eigenvalue weighted by atomic mass is 16.5. The van der Waals surface area contributed by atoms with Crippen LogP contribution in [0.15, 0.2) is 0 Å². The van der Waals surface area contributed by atoms with Gasteiger partial charge in [0.1, 0.15) is 0 Å². The Kier molecular flexibility index (Phi) is 5.84. The number of nitrogens with one attached hydrogen (secondary N) is 1. The molecule has 0 aliphatic carbocycles. The average Bonchev–Trinajstić information content (AvgIpc) is 2.86. The van der Waals surface area contributed by atoms with Crippen molar-refractivity contribution in [2.45, 2.75) is 46.2 Å². The van der Waals surface area contributed by atoms with Crippen molar-refractivity contribution in [2.24, 2.45) is 5.41 Å². The van der Waals surface area contributed by atoms with Gasteiger partial charge in [0, 0.05) is 56.8 Å². The van der Waals surface area contributed by atoms with Gasteiger partial charge in [-0.2, -0.15) is 0 Å². The van der Waals surface area contributed by atoms with Crippen molar-refractivity contribution < 1.29 is 4.74 Å². The average molecular weight is 283 g/mol. The van der Waals surface area contributed by atoms with Crippen molar-refractivity contribution in [3.63, 3.8) is 0 Å².